The molecule has 1 unspecified atom stereocenters. The molecule has 2 fully saturated rings. The van der Waals surface area contributed by atoms with Crippen LogP contribution in [0.5, 0.6) is 0 Å². The van der Waals surface area contributed by atoms with Crippen LogP contribution in [0.4, 0.5) is 4.79 Å². The number of amides is 3. The van der Waals surface area contributed by atoms with E-state index in [2.05, 4.69) is 36.0 Å². The first-order valence-electron chi connectivity index (χ1n) is 9.37. The molecule has 1 aromatic heterocycles. The number of aliphatic imine (C=N–C) groups is 1. The zero-order valence-electron chi connectivity index (χ0n) is 16.4. The van der Waals surface area contributed by atoms with Crippen molar-refractivity contribution in [2.45, 2.75) is 45.1 Å². The molecule has 3 amide bonds. The van der Waals surface area contributed by atoms with Gasteiger partial charge in [-0.25, -0.2) is 4.79 Å². The monoisotopic (exact) mass is 505 g/mol. The van der Waals surface area contributed by atoms with Crippen molar-refractivity contribution in [3.05, 3.63) is 11.7 Å². The molecule has 2 saturated heterocycles. The van der Waals surface area contributed by atoms with E-state index < -0.39 is 11.6 Å². The molecule has 3 heterocycles. The largest absolute Gasteiger partial charge is 0.356 e. The van der Waals surface area contributed by atoms with Gasteiger partial charge in [0.15, 0.2) is 11.8 Å². The highest BCUT2D eigenvalue weighted by Crippen LogP contribution is 2.30. The number of hydrogen-bond donors (Lipinski definition) is 3. The van der Waals surface area contributed by atoms with Gasteiger partial charge in [-0.2, -0.15) is 4.98 Å². The van der Waals surface area contributed by atoms with Crippen molar-refractivity contribution in [1.82, 2.24) is 31.0 Å². The molecular formula is C17H28IN7O3. The van der Waals surface area contributed by atoms with Gasteiger partial charge in [-0.15, -0.1) is 24.0 Å². The predicted octanol–water partition coefficient (Wildman–Crippen LogP) is 0.678. The molecule has 3 N–H and O–H groups in total. The zero-order chi connectivity index (χ0) is 19.4. The standard InChI is InChI=1S/C17H27N7O3.HI/c1-4-13-20-12(23-27-13)5-8-19-15(18-3)24-9-6-11(7-10-24)17(2)14(25)21-16(26)22-17;/h11H,4-10H2,1-3H3,(H,18,19)(H2,21,22,25,26);1H. The molecular weight excluding hydrogens is 477 g/mol. The van der Waals surface area contributed by atoms with Gasteiger partial charge in [0.1, 0.15) is 5.54 Å². The van der Waals surface area contributed by atoms with Crippen molar-refractivity contribution in [2.24, 2.45) is 10.9 Å². The number of nitrogens with zero attached hydrogens (tertiary/aromatic N) is 4. The van der Waals surface area contributed by atoms with Crippen molar-refractivity contribution in [3.8, 4) is 0 Å². The lowest BCUT2D eigenvalue weighted by Crippen LogP contribution is -2.55. The normalized spacial score (nSPS) is 23.2. The summed E-state index contributed by atoms with van der Waals surface area (Å²) in [6.07, 6.45) is 2.99. The van der Waals surface area contributed by atoms with E-state index in [1.807, 2.05) is 6.92 Å². The third-order valence-electron chi connectivity index (χ3n) is 5.34. The molecule has 2 aliphatic heterocycles. The van der Waals surface area contributed by atoms with E-state index in [-0.39, 0.29) is 35.8 Å². The minimum Gasteiger partial charge on any atom is -0.356 e. The third-order valence-corrected chi connectivity index (χ3v) is 5.34. The van der Waals surface area contributed by atoms with Crippen molar-refractivity contribution in [2.75, 3.05) is 26.7 Å². The van der Waals surface area contributed by atoms with Crippen LogP contribution in [-0.4, -0.2) is 65.2 Å². The van der Waals surface area contributed by atoms with Crippen LogP contribution < -0.4 is 16.0 Å². The summed E-state index contributed by atoms with van der Waals surface area (Å²) in [6, 6.07) is -0.407. The molecule has 0 spiro atoms. The van der Waals surface area contributed by atoms with Crippen LogP contribution >= 0.6 is 24.0 Å². The number of halogens is 1. The fourth-order valence-electron chi connectivity index (χ4n) is 3.67. The number of piperidine rings is 1. The molecule has 28 heavy (non-hydrogen) atoms. The Bertz CT molecular complexity index is 730. The average Bonchev–Trinajstić information content (AvgIpc) is 3.23. The average molecular weight is 505 g/mol. The van der Waals surface area contributed by atoms with Crippen LogP contribution in [-0.2, 0) is 17.6 Å². The molecule has 10 nitrogen and oxygen atoms in total. The lowest BCUT2D eigenvalue weighted by atomic mass is 9.79. The molecule has 3 rings (SSSR count). The summed E-state index contributed by atoms with van der Waals surface area (Å²) in [5.74, 6) is 2.01. The fourth-order valence-corrected chi connectivity index (χ4v) is 3.67. The fraction of sp³-hybridized carbons (Fsp3) is 0.706. The molecule has 1 atom stereocenters. The van der Waals surface area contributed by atoms with Gasteiger partial charge < -0.3 is 20.1 Å². The molecule has 0 saturated carbocycles. The molecule has 0 aromatic carbocycles. The molecule has 0 aliphatic carbocycles. The Morgan fingerprint density at radius 2 is 2.11 bits per heavy atom. The summed E-state index contributed by atoms with van der Waals surface area (Å²) in [7, 11) is 1.75. The van der Waals surface area contributed by atoms with E-state index >= 15 is 0 Å². The van der Waals surface area contributed by atoms with Gasteiger partial charge in [0.05, 0.1) is 0 Å². The van der Waals surface area contributed by atoms with Gasteiger partial charge in [-0.3, -0.25) is 15.1 Å². The van der Waals surface area contributed by atoms with Crippen LogP contribution in [0.3, 0.4) is 0 Å². The Kier molecular flexibility index (Phi) is 7.61. The maximum atomic E-state index is 12.1. The second-order valence-electron chi connectivity index (χ2n) is 7.05. The highest BCUT2D eigenvalue weighted by atomic mass is 127. The summed E-state index contributed by atoms with van der Waals surface area (Å²) in [5.41, 5.74) is -0.824. The summed E-state index contributed by atoms with van der Waals surface area (Å²) in [5, 5.41) is 12.4. The van der Waals surface area contributed by atoms with Crippen LogP contribution in [0, 0.1) is 5.92 Å². The van der Waals surface area contributed by atoms with Crippen LogP contribution in [0.15, 0.2) is 9.52 Å². The zero-order valence-corrected chi connectivity index (χ0v) is 18.8. The van der Waals surface area contributed by atoms with Gasteiger partial charge in [-0.1, -0.05) is 12.1 Å². The summed E-state index contributed by atoms with van der Waals surface area (Å²) in [4.78, 5) is 34.4. The van der Waals surface area contributed by atoms with E-state index in [1.165, 1.54) is 0 Å². The quantitative estimate of drug-likeness (QED) is 0.233. The van der Waals surface area contributed by atoms with Crippen molar-refractivity contribution >= 4 is 41.9 Å². The number of likely N-dealkylation sites (tertiary alicyclic amines) is 1. The summed E-state index contributed by atoms with van der Waals surface area (Å²) < 4.78 is 5.11. The number of hydrogen-bond acceptors (Lipinski definition) is 6. The maximum Gasteiger partial charge on any atom is 0.322 e. The highest BCUT2D eigenvalue weighted by molar-refractivity contribution is 14.0. The van der Waals surface area contributed by atoms with Gasteiger partial charge in [0, 0.05) is 39.5 Å². The maximum absolute atomic E-state index is 12.1. The third kappa shape index (κ3) is 4.73. The van der Waals surface area contributed by atoms with Gasteiger partial charge in [0.25, 0.3) is 5.91 Å². The number of nitrogens with one attached hydrogen (secondary N) is 3. The molecule has 0 bridgehead atoms. The number of carbonyl (C=O) groups is 2. The SMILES string of the molecule is CCc1nc(CCNC(=NC)N2CCC(C3(C)NC(=O)NC3=O)CC2)no1.I. The van der Waals surface area contributed by atoms with Crippen molar-refractivity contribution in [1.29, 1.82) is 0 Å². The number of aromatic nitrogens is 2. The van der Waals surface area contributed by atoms with Crippen LogP contribution in [0.2, 0.25) is 0 Å². The molecule has 0 radical (unpaired) electrons. The Morgan fingerprint density at radius 3 is 2.64 bits per heavy atom. The minimum atomic E-state index is -0.824. The second kappa shape index (κ2) is 9.52. The Balaban J connectivity index is 0.00000280. The first-order valence-corrected chi connectivity index (χ1v) is 9.37. The van der Waals surface area contributed by atoms with Gasteiger partial charge in [-0.05, 0) is 25.7 Å². The molecule has 11 heteroatoms. The number of guanidine groups is 1. The van der Waals surface area contributed by atoms with Gasteiger partial charge >= 0.3 is 6.03 Å². The second-order valence-corrected chi connectivity index (χ2v) is 7.05. The van der Waals surface area contributed by atoms with Crippen molar-refractivity contribution in [3.63, 3.8) is 0 Å². The lowest BCUT2D eigenvalue weighted by molar-refractivity contribution is -0.125. The van der Waals surface area contributed by atoms with Crippen molar-refractivity contribution < 1.29 is 14.1 Å². The number of urea groups is 1. The van der Waals surface area contributed by atoms with Crippen LogP contribution in [0.25, 0.3) is 0 Å². The Hall–Kier alpha value is -1.92. The molecule has 1 aromatic rings. The molecule has 156 valence electrons. The first kappa shape index (κ1) is 22.4. The number of imide groups is 1. The smallest absolute Gasteiger partial charge is 0.322 e. The summed E-state index contributed by atoms with van der Waals surface area (Å²) in [6.45, 7) is 5.97. The predicted molar refractivity (Wildman–Crippen MR) is 114 cm³/mol. The number of aryl methyl sites for hydroxylation is 1. The number of rotatable bonds is 5. The Morgan fingerprint density at radius 1 is 1.39 bits per heavy atom. The minimum absolute atomic E-state index is 0. The van der Waals surface area contributed by atoms with E-state index in [0.29, 0.717) is 24.7 Å². The van der Waals surface area contributed by atoms with E-state index in [1.54, 1.807) is 14.0 Å². The lowest BCUT2D eigenvalue weighted by Gasteiger charge is -2.39. The van der Waals surface area contributed by atoms with Crippen LogP contribution in [0.1, 0.15) is 38.4 Å². The first-order chi connectivity index (χ1) is 13.0. The van der Waals surface area contributed by atoms with E-state index in [0.717, 1.165) is 38.3 Å². The Labute approximate surface area is 181 Å². The van der Waals surface area contributed by atoms with E-state index in [4.69, 9.17) is 4.52 Å². The molecule has 2 aliphatic rings. The number of carbonyl (C=O) groups excluding carboxylic acids is 2. The highest BCUT2D eigenvalue weighted by Gasteiger charge is 2.48. The summed E-state index contributed by atoms with van der Waals surface area (Å²) >= 11 is 0. The van der Waals surface area contributed by atoms with E-state index in [9.17, 15) is 9.59 Å². The topological polar surface area (TPSA) is 125 Å². The van der Waals surface area contributed by atoms with Gasteiger partial charge in [0.2, 0.25) is 5.89 Å².